The first-order valence-electron chi connectivity index (χ1n) is 9.03. The van der Waals surface area contributed by atoms with Crippen molar-refractivity contribution in [3.8, 4) is 16.9 Å². The van der Waals surface area contributed by atoms with Crippen LogP contribution in [0.15, 0.2) is 47.6 Å². The second-order valence-electron chi connectivity index (χ2n) is 6.56. The van der Waals surface area contributed by atoms with E-state index in [-0.39, 0.29) is 10.6 Å². The standard InChI is InChI=1S/C19H22N4O5S/c1-28-17-14(13-7-9-21-10-8-13)5-4-6-15(17)29(26,27)22-16(18(20)24)19(25)23-11-2-3-12-23/h4-10,16,22H,2-3,11-12H2,1H3,(H2,20,24)/t16-/m0/s1. The molecule has 1 aromatic heterocycles. The van der Waals surface area contributed by atoms with Gasteiger partial charge in [0.1, 0.15) is 10.6 Å². The second-order valence-corrected chi connectivity index (χ2v) is 8.24. The quantitative estimate of drug-likeness (QED) is 0.630. The molecule has 154 valence electrons. The number of aromatic nitrogens is 1. The molecule has 9 nitrogen and oxygen atoms in total. The van der Waals surface area contributed by atoms with E-state index in [0.29, 0.717) is 24.2 Å². The lowest BCUT2D eigenvalue weighted by molar-refractivity contribution is -0.136. The fraction of sp³-hybridized carbons (Fsp3) is 0.316. The van der Waals surface area contributed by atoms with E-state index in [0.717, 1.165) is 12.8 Å². The summed E-state index contributed by atoms with van der Waals surface area (Å²) in [5, 5.41) is 0. The lowest BCUT2D eigenvalue weighted by atomic mass is 10.1. The van der Waals surface area contributed by atoms with E-state index in [1.807, 2.05) is 0 Å². The first kappa shape index (κ1) is 20.7. The summed E-state index contributed by atoms with van der Waals surface area (Å²) in [5.41, 5.74) is 6.56. The molecule has 0 spiro atoms. The number of para-hydroxylation sites is 1. The number of nitrogens with one attached hydrogen (secondary N) is 1. The molecule has 1 aliphatic rings. The number of nitrogens with two attached hydrogens (primary N) is 1. The predicted molar refractivity (Wildman–Crippen MR) is 105 cm³/mol. The SMILES string of the molecule is COc1c(-c2ccncc2)cccc1S(=O)(=O)N[C@@H](C(N)=O)C(=O)N1CCCC1. The molecule has 1 fully saturated rings. The minimum absolute atomic E-state index is 0.0861. The Morgan fingerprint density at radius 3 is 2.41 bits per heavy atom. The van der Waals surface area contributed by atoms with Crippen LogP contribution in [0.2, 0.25) is 0 Å². The highest BCUT2D eigenvalue weighted by Crippen LogP contribution is 2.35. The van der Waals surface area contributed by atoms with Crippen LogP contribution in [0.25, 0.3) is 11.1 Å². The fourth-order valence-corrected chi connectivity index (χ4v) is 4.62. The second kappa shape index (κ2) is 8.58. The molecule has 3 N–H and O–H groups in total. The Morgan fingerprint density at radius 2 is 1.83 bits per heavy atom. The fourth-order valence-electron chi connectivity index (χ4n) is 3.27. The molecule has 3 rings (SSSR count). The first-order valence-corrected chi connectivity index (χ1v) is 10.5. The summed E-state index contributed by atoms with van der Waals surface area (Å²) in [5.74, 6) is -1.62. The molecular formula is C19H22N4O5S. The van der Waals surface area contributed by atoms with Crippen molar-refractivity contribution in [1.29, 1.82) is 0 Å². The first-order chi connectivity index (χ1) is 13.8. The van der Waals surface area contributed by atoms with Crippen molar-refractivity contribution in [2.45, 2.75) is 23.8 Å². The monoisotopic (exact) mass is 418 g/mol. The summed E-state index contributed by atoms with van der Waals surface area (Å²) < 4.78 is 33.6. The molecule has 1 saturated heterocycles. The normalized spacial score (nSPS) is 15.1. The zero-order valence-electron chi connectivity index (χ0n) is 15.9. The summed E-state index contributed by atoms with van der Waals surface area (Å²) in [4.78, 5) is 29.6. The predicted octanol–water partition coefficient (Wildman–Crippen LogP) is 0.512. The van der Waals surface area contributed by atoms with Crippen LogP contribution in [0.3, 0.4) is 0 Å². The molecule has 1 atom stereocenters. The van der Waals surface area contributed by atoms with E-state index in [1.54, 1.807) is 36.7 Å². The number of sulfonamides is 1. The third kappa shape index (κ3) is 4.38. The van der Waals surface area contributed by atoms with Crippen molar-refractivity contribution in [2.75, 3.05) is 20.2 Å². The summed E-state index contributed by atoms with van der Waals surface area (Å²) >= 11 is 0. The van der Waals surface area contributed by atoms with Gasteiger partial charge in [-0.3, -0.25) is 14.6 Å². The lowest BCUT2D eigenvalue weighted by Crippen LogP contribution is -2.54. The molecule has 0 radical (unpaired) electrons. The molecule has 2 aromatic rings. The summed E-state index contributed by atoms with van der Waals surface area (Å²) in [6.45, 7) is 0.927. The van der Waals surface area contributed by atoms with Gasteiger partial charge in [0.05, 0.1) is 7.11 Å². The van der Waals surface area contributed by atoms with Crippen molar-refractivity contribution < 1.29 is 22.7 Å². The van der Waals surface area contributed by atoms with Crippen LogP contribution < -0.4 is 15.2 Å². The maximum absolute atomic E-state index is 13.0. The van der Waals surface area contributed by atoms with Gasteiger partial charge in [0, 0.05) is 31.0 Å². The Morgan fingerprint density at radius 1 is 1.17 bits per heavy atom. The molecule has 2 amide bonds. The number of nitrogens with zero attached hydrogens (tertiary/aromatic N) is 2. The molecule has 2 heterocycles. The van der Waals surface area contributed by atoms with E-state index in [2.05, 4.69) is 9.71 Å². The third-order valence-electron chi connectivity index (χ3n) is 4.69. The van der Waals surface area contributed by atoms with Gasteiger partial charge < -0.3 is 15.4 Å². The van der Waals surface area contributed by atoms with Gasteiger partial charge in [-0.15, -0.1) is 0 Å². The van der Waals surface area contributed by atoms with Gasteiger partial charge in [-0.25, -0.2) is 8.42 Å². The van der Waals surface area contributed by atoms with E-state index >= 15 is 0 Å². The number of carbonyl (C=O) groups excluding carboxylic acids is 2. The summed E-state index contributed by atoms with van der Waals surface area (Å²) in [6.07, 6.45) is 4.75. The van der Waals surface area contributed by atoms with Crippen molar-refractivity contribution >= 4 is 21.8 Å². The summed E-state index contributed by atoms with van der Waals surface area (Å²) in [6, 6.07) is 6.33. The number of benzene rings is 1. The van der Waals surface area contributed by atoms with Crippen molar-refractivity contribution in [3.05, 3.63) is 42.7 Å². The smallest absolute Gasteiger partial charge is 0.250 e. The van der Waals surface area contributed by atoms with Crippen molar-refractivity contribution in [1.82, 2.24) is 14.6 Å². The average molecular weight is 418 g/mol. The van der Waals surface area contributed by atoms with Crippen LogP contribution in [-0.4, -0.2) is 56.4 Å². The van der Waals surface area contributed by atoms with Crippen LogP contribution in [0, 0.1) is 0 Å². The van der Waals surface area contributed by atoms with Gasteiger partial charge in [-0.2, -0.15) is 4.72 Å². The topological polar surface area (TPSA) is 132 Å². The Balaban J connectivity index is 1.98. The number of likely N-dealkylation sites (tertiary alicyclic amines) is 1. The number of pyridine rings is 1. The number of hydrogen-bond acceptors (Lipinski definition) is 6. The molecule has 0 aliphatic carbocycles. The van der Waals surface area contributed by atoms with E-state index in [4.69, 9.17) is 10.5 Å². The molecule has 1 aliphatic heterocycles. The van der Waals surface area contributed by atoms with Crippen LogP contribution in [-0.2, 0) is 19.6 Å². The number of rotatable bonds is 7. The molecule has 0 bridgehead atoms. The Labute approximate surface area is 168 Å². The molecule has 10 heteroatoms. The Bertz CT molecular complexity index is 1000. The zero-order chi connectivity index (χ0) is 21.0. The minimum atomic E-state index is -4.29. The van der Waals surface area contributed by atoms with Crippen LogP contribution in [0.4, 0.5) is 0 Å². The average Bonchev–Trinajstić information content (AvgIpc) is 3.26. The maximum atomic E-state index is 13.0. The largest absolute Gasteiger partial charge is 0.495 e. The number of amides is 2. The van der Waals surface area contributed by atoms with Crippen LogP contribution in [0.1, 0.15) is 12.8 Å². The van der Waals surface area contributed by atoms with Gasteiger partial charge >= 0.3 is 0 Å². The number of carbonyl (C=O) groups is 2. The molecular weight excluding hydrogens is 396 g/mol. The highest BCUT2D eigenvalue weighted by Gasteiger charge is 2.35. The van der Waals surface area contributed by atoms with Crippen molar-refractivity contribution in [2.24, 2.45) is 5.73 Å². The number of methoxy groups -OCH3 is 1. The highest BCUT2D eigenvalue weighted by atomic mass is 32.2. The maximum Gasteiger partial charge on any atom is 0.250 e. The van der Waals surface area contributed by atoms with Crippen LogP contribution >= 0.6 is 0 Å². The van der Waals surface area contributed by atoms with Gasteiger partial charge in [0.2, 0.25) is 21.8 Å². The Kier molecular flexibility index (Phi) is 6.14. The zero-order valence-corrected chi connectivity index (χ0v) is 16.7. The van der Waals surface area contributed by atoms with Gasteiger partial charge in [-0.05, 0) is 36.6 Å². The molecule has 0 unspecified atom stereocenters. The number of ether oxygens (including phenoxy) is 1. The van der Waals surface area contributed by atoms with E-state index in [9.17, 15) is 18.0 Å². The number of hydrogen-bond donors (Lipinski definition) is 2. The van der Waals surface area contributed by atoms with E-state index in [1.165, 1.54) is 18.1 Å². The summed E-state index contributed by atoms with van der Waals surface area (Å²) in [7, 11) is -2.94. The molecule has 0 saturated carbocycles. The van der Waals surface area contributed by atoms with E-state index < -0.39 is 27.9 Å². The van der Waals surface area contributed by atoms with Crippen LogP contribution in [0.5, 0.6) is 5.75 Å². The van der Waals surface area contributed by atoms with Gasteiger partial charge in [-0.1, -0.05) is 12.1 Å². The number of primary amides is 1. The Hall–Kier alpha value is -2.98. The van der Waals surface area contributed by atoms with Gasteiger partial charge in [0.25, 0.3) is 0 Å². The minimum Gasteiger partial charge on any atom is -0.495 e. The molecule has 29 heavy (non-hydrogen) atoms. The van der Waals surface area contributed by atoms with Gasteiger partial charge in [0.15, 0.2) is 6.04 Å². The lowest BCUT2D eigenvalue weighted by Gasteiger charge is -2.22. The highest BCUT2D eigenvalue weighted by molar-refractivity contribution is 7.89. The molecule has 1 aromatic carbocycles. The third-order valence-corrected chi connectivity index (χ3v) is 6.13. The van der Waals surface area contributed by atoms with Crippen molar-refractivity contribution in [3.63, 3.8) is 0 Å².